The van der Waals surface area contributed by atoms with Gasteiger partial charge >= 0.3 is 5.97 Å². The highest BCUT2D eigenvalue weighted by Crippen LogP contribution is 2.20. The number of carboxylic acid groups (broad SMARTS) is 1. The van der Waals surface area contributed by atoms with Crippen molar-refractivity contribution in [3.05, 3.63) is 47.1 Å². The number of nitrogens with zero attached hydrogens (tertiary/aromatic N) is 1. The van der Waals surface area contributed by atoms with Crippen molar-refractivity contribution in [1.29, 1.82) is 0 Å². The second kappa shape index (κ2) is 4.87. The molecule has 0 unspecified atom stereocenters. The molecular weight excluding hydrogens is 241 g/mol. The third-order valence-corrected chi connectivity index (χ3v) is 2.30. The molecule has 1 aromatic carbocycles. The normalized spacial score (nSPS) is 10.3. The Bertz CT molecular complexity index is 579. The number of hydrogen-bond acceptors (Lipinski definition) is 4. The predicted molar refractivity (Wildman–Crippen MR) is 58.9 cm³/mol. The van der Waals surface area contributed by atoms with Gasteiger partial charge in [-0.15, -0.1) is 0 Å². The smallest absolute Gasteiger partial charge is 0.358 e. The highest BCUT2D eigenvalue weighted by molar-refractivity contribution is 5.85. The van der Waals surface area contributed by atoms with Crippen LogP contribution in [0.5, 0.6) is 5.75 Å². The molecule has 0 spiro atoms. The molecule has 0 bridgehead atoms. The number of aryl methyl sites for hydroxylation is 1. The zero-order valence-corrected chi connectivity index (χ0v) is 9.51. The minimum absolute atomic E-state index is 0.0827. The summed E-state index contributed by atoms with van der Waals surface area (Å²) in [4.78, 5) is 10.6. The van der Waals surface area contributed by atoms with Crippen LogP contribution in [0.1, 0.15) is 21.8 Å². The maximum atomic E-state index is 13.6. The minimum atomic E-state index is -1.19. The van der Waals surface area contributed by atoms with Crippen LogP contribution in [0.15, 0.2) is 28.8 Å². The Morgan fingerprint density at radius 1 is 1.56 bits per heavy atom. The van der Waals surface area contributed by atoms with Crippen molar-refractivity contribution >= 4 is 5.97 Å². The molecule has 0 radical (unpaired) electrons. The fourth-order valence-electron chi connectivity index (χ4n) is 1.36. The van der Waals surface area contributed by atoms with Crippen LogP contribution < -0.4 is 4.74 Å². The highest BCUT2D eigenvalue weighted by Gasteiger charge is 2.12. The van der Waals surface area contributed by atoms with Gasteiger partial charge in [-0.25, -0.2) is 9.18 Å². The fourth-order valence-corrected chi connectivity index (χ4v) is 1.36. The zero-order valence-electron chi connectivity index (χ0n) is 9.51. The second-order valence-corrected chi connectivity index (χ2v) is 3.66. The number of carbonyl (C=O) groups is 1. The number of aromatic carboxylic acids is 1. The standard InChI is InChI=1S/C12H10FNO4/c1-7-3-2-4-10(11(7)13)17-6-8-5-9(12(15)16)14-18-8/h2-5H,6H2,1H3,(H,15,16). The van der Waals surface area contributed by atoms with Crippen LogP contribution in [0.25, 0.3) is 0 Å². The van der Waals surface area contributed by atoms with Crippen LogP contribution in [0, 0.1) is 12.7 Å². The van der Waals surface area contributed by atoms with E-state index < -0.39 is 11.8 Å². The molecule has 0 aliphatic heterocycles. The molecule has 0 saturated heterocycles. The Kier molecular flexibility index (Phi) is 3.27. The average Bonchev–Trinajstić information content (AvgIpc) is 2.80. The first-order valence-corrected chi connectivity index (χ1v) is 5.14. The third kappa shape index (κ3) is 2.48. The van der Waals surface area contributed by atoms with Gasteiger partial charge in [-0.05, 0) is 18.6 Å². The Morgan fingerprint density at radius 2 is 2.33 bits per heavy atom. The Labute approximate surface area is 102 Å². The van der Waals surface area contributed by atoms with Gasteiger partial charge in [0.15, 0.2) is 23.0 Å². The first-order valence-electron chi connectivity index (χ1n) is 5.14. The fraction of sp³-hybridized carbons (Fsp3) is 0.167. The molecule has 0 amide bonds. The first-order chi connectivity index (χ1) is 8.58. The van der Waals surface area contributed by atoms with E-state index in [0.29, 0.717) is 5.56 Å². The van der Waals surface area contributed by atoms with E-state index in [1.807, 2.05) is 0 Å². The maximum Gasteiger partial charge on any atom is 0.358 e. The van der Waals surface area contributed by atoms with Crippen molar-refractivity contribution in [2.75, 3.05) is 0 Å². The van der Waals surface area contributed by atoms with Crippen molar-refractivity contribution in [1.82, 2.24) is 5.16 Å². The van der Waals surface area contributed by atoms with Gasteiger partial charge in [0.05, 0.1) is 0 Å². The summed E-state index contributed by atoms with van der Waals surface area (Å²) in [6.45, 7) is 1.54. The van der Waals surface area contributed by atoms with E-state index in [-0.39, 0.29) is 23.8 Å². The predicted octanol–water partition coefficient (Wildman–Crippen LogP) is 2.40. The SMILES string of the molecule is Cc1cccc(OCc2cc(C(=O)O)no2)c1F. The summed E-state index contributed by atoms with van der Waals surface area (Å²) in [7, 11) is 0. The van der Waals surface area contributed by atoms with Crippen LogP contribution in [-0.2, 0) is 6.61 Å². The van der Waals surface area contributed by atoms with Crippen LogP contribution in [0.3, 0.4) is 0 Å². The van der Waals surface area contributed by atoms with Gasteiger partial charge in [-0.2, -0.15) is 0 Å². The monoisotopic (exact) mass is 251 g/mol. The summed E-state index contributed by atoms with van der Waals surface area (Å²) < 4.78 is 23.5. The molecule has 2 rings (SSSR count). The Hall–Kier alpha value is -2.37. The van der Waals surface area contributed by atoms with E-state index in [4.69, 9.17) is 14.4 Å². The number of benzene rings is 1. The lowest BCUT2D eigenvalue weighted by atomic mass is 10.2. The maximum absolute atomic E-state index is 13.6. The van der Waals surface area contributed by atoms with Crippen molar-refractivity contribution in [2.45, 2.75) is 13.5 Å². The summed E-state index contributed by atoms with van der Waals surface area (Å²) >= 11 is 0. The molecule has 0 aliphatic rings. The lowest BCUT2D eigenvalue weighted by Crippen LogP contribution is -1.98. The zero-order chi connectivity index (χ0) is 13.1. The van der Waals surface area contributed by atoms with E-state index in [2.05, 4.69) is 5.16 Å². The van der Waals surface area contributed by atoms with Gasteiger partial charge in [0.1, 0.15) is 6.61 Å². The van der Waals surface area contributed by atoms with Crippen LogP contribution >= 0.6 is 0 Å². The quantitative estimate of drug-likeness (QED) is 0.903. The molecule has 2 aromatic rings. The first kappa shape index (κ1) is 12.1. The van der Waals surface area contributed by atoms with E-state index >= 15 is 0 Å². The average molecular weight is 251 g/mol. The van der Waals surface area contributed by atoms with Crippen molar-refractivity contribution < 1.29 is 23.6 Å². The molecule has 6 heteroatoms. The number of hydrogen-bond donors (Lipinski definition) is 1. The van der Waals surface area contributed by atoms with E-state index in [0.717, 1.165) is 0 Å². The molecular formula is C12H10FNO4. The molecule has 1 N–H and O–H groups in total. The summed E-state index contributed by atoms with van der Waals surface area (Å²) in [5, 5.41) is 12.0. The summed E-state index contributed by atoms with van der Waals surface area (Å²) in [6.07, 6.45) is 0. The molecule has 0 fully saturated rings. The van der Waals surface area contributed by atoms with Crippen molar-refractivity contribution in [3.63, 3.8) is 0 Å². The van der Waals surface area contributed by atoms with E-state index in [1.165, 1.54) is 12.1 Å². The van der Waals surface area contributed by atoms with Gasteiger partial charge in [-0.3, -0.25) is 0 Å². The summed E-state index contributed by atoms with van der Waals surface area (Å²) in [5.41, 5.74) is 0.259. The number of ether oxygens (including phenoxy) is 1. The number of carboxylic acids is 1. The summed E-state index contributed by atoms with van der Waals surface area (Å²) in [5.74, 6) is -1.33. The molecule has 94 valence electrons. The van der Waals surface area contributed by atoms with Crippen molar-refractivity contribution in [3.8, 4) is 5.75 Å². The molecule has 0 saturated carbocycles. The van der Waals surface area contributed by atoms with Gasteiger partial charge < -0.3 is 14.4 Å². The molecule has 5 nitrogen and oxygen atoms in total. The van der Waals surface area contributed by atoms with Crippen LogP contribution in [-0.4, -0.2) is 16.2 Å². The second-order valence-electron chi connectivity index (χ2n) is 3.66. The number of halogens is 1. The lowest BCUT2D eigenvalue weighted by Gasteiger charge is -2.06. The highest BCUT2D eigenvalue weighted by atomic mass is 19.1. The van der Waals surface area contributed by atoms with Crippen molar-refractivity contribution in [2.24, 2.45) is 0 Å². The topological polar surface area (TPSA) is 72.6 Å². The van der Waals surface area contributed by atoms with Gasteiger partial charge in [-0.1, -0.05) is 17.3 Å². The third-order valence-electron chi connectivity index (χ3n) is 2.30. The van der Waals surface area contributed by atoms with E-state index in [1.54, 1.807) is 19.1 Å². The number of aromatic nitrogens is 1. The lowest BCUT2D eigenvalue weighted by molar-refractivity contribution is 0.0685. The van der Waals surface area contributed by atoms with Gasteiger partial charge in [0, 0.05) is 6.07 Å². The molecule has 0 aliphatic carbocycles. The van der Waals surface area contributed by atoms with Crippen LogP contribution in [0.4, 0.5) is 4.39 Å². The molecule has 0 atom stereocenters. The van der Waals surface area contributed by atoms with Gasteiger partial charge in [0.2, 0.25) is 0 Å². The molecule has 18 heavy (non-hydrogen) atoms. The van der Waals surface area contributed by atoms with Crippen LogP contribution in [0.2, 0.25) is 0 Å². The Morgan fingerprint density at radius 3 is 3.00 bits per heavy atom. The van der Waals surface area contributed by atoms with Gasteiger partial charge in [0.25, 0.3) is 0 Å². The minimum Gasteiger partial charge on any atom is -0.482 e. The molecule has 1 heterocycles. The molecule has 1 aromatic heterocycles. The largest absolute Gasteiger partial charge is 0.482 e. The van der Waals surface area contributed by atoms with E-state index in [9.17, 15) is 9.18 Å². The summed E-state index contributed by atoms with van der Waals surface area (Å²) in [6, 6.07) is 6.00. The Balaban J connectivity index is 2.07. The number of rotatable bonds is 4.